The molecular weight excluding hydrogens is 661 g/mol. The van der Waals surface area contributed by atoms with Crippen molar-refractivity contribution >= 4 is 85.8 Å². The summed E-state index contributed by atoms with van der Waals surface area (Å²) in [6, 6.07) is 58.8. The van der Waals surface area contributed by atoms with Crippen molar-refractivity contribution < 1.29 is 4.42 Å². The predicted octanol–water partition coefficient (Wildman–Crippen LogP) is 15.1. The Bertz CT molecular complexity index is 3320. The molecule has 1 nitrogen and oxygen atoms in total. The van der Waals surface area contributed by atoms with Gasteiger partial charge in [0.25, 0.3) is 0 Å². The maximum atomic E-state index is 6.30. The van der Waals surface area contributed by atoms with Crippen molar-refractivity contribution in [1.29, 1.82) is 0 Å². The molecule has 53 heavy (non-hydrogen) atoms. The van der Waals surface area contributed by atoms with Gasteiger partial charge in [0.15, 0.2) is 0 Å². The Balaban J connectivity index is 1.09. The molecule has 0 spiro atoms. The average Bonchev–Trinajstić information content (AvgIpc) is 3.81. The van der Waals surface area contributed by atoms with Crippen LogP contribution in [0.25, 0.3) is 108 Å². The molecule has 0 amide bonds. The minimum Gasteiger partial charge on any atom is -0.456 e. The van der Waals surface area contributed by atoms with Crippen molar-refractivity contribution in [1.82, 2.24) is 0 Å². The second-order valence-electron chi connectivity index (χ2n) is 15.2. The average molecular weight is 693 g/mol. The first-order valence-electron chi connectivity index (χ1n) is 18.4. The number of furan rings is 1. The van der Waals surface area contributed by atoms with Gasteiger partial charge in [0.05, 0.1) is 0 Å². The molecule has 2 heteroatoms. The normalized spacial score (nSPS) is 13.6. The highest BCUT2D eigenvalue weighted by Crippen LogP contribution is 2.53. The first-order valence-corrected chi connectivity index (χ1v) is 19.2. The lowest BCUT2D eigenvalue weighted by Gasteiger charge is -2.22. The van der Waals surface area contributed by atoms with Gasteiger partial charge in [-0.05, 0) is 125 Å². The van der Waals surface area contributed by atoms with Gasteiger partial charge in [0, 0.05) is 36.4 Å². The van der Waals surface area contributed by atoms with Crippen LogP contribution >= 0.6 is 11.3 Å². The zero-order valence-corrected chi connectivity index (χ0v) is 30.1. The first-order chi connectivity index (χ1) is 26.0. The van der Waals surface area contributed by atoms with E-state index >= 15 is 0 Å². The van der Waals surface area contributed by atoms with Crippen LogP contribution in [0.15, 0.2) is 162 Å². The van der Waals surface area contributed by atoms with Crippen molar-refractivity contribution in [2.45, 2.75) is 19.3 Å². The van der Waals surface area contributed by atoms with E-state index in [0.29, 0.717) is 0 Å². The van der Waals surface area contributed by atoms with Crippen LogP contribution in [0.2, 0.25) is 0 Å². The zero-order valence-electron chi connectivity index (χ0n) is 29.3. The van der Waals surface area contributed by atoms with E-state index in [1.807, 2.05) is 17.4 Å². The van der Waals surface area contributed by atoms with Gasteiger partial charge in [-0.2, -0.15) is 0 Å². The summed E-state index contributed by atoms with van der Waals surface area (Å²) < 4.78 is 8.96. The number of thiophene rings is 1. The van der Waals surface area contributed by atoms with Crippen LogP contribution < -0.4 is 0 Å². The van der Waals surface area contributed by atoms with Crippen molar-refractivity contribution in [2.24, 2.45) is 0 Å². The number of fused-ring (bicyclic) bond motifs is 12. The number of para-hydroxylation sites is 1. The van der Waals surface area contributed by atoms with Crippen LogP contribution in [-0.2, 0) is 5.41 Å². The molecule has 0 saturated carbocycles. The van der Waals surface area contributed by atoms with Gasteiger partial charge in [-0.25, -0.2) is 0 Å². The number of hydrogen-bond donors (Lipinski definition) is 0. The Morgan fingerprint density at radius 3 is 1.70 bits per heavy atom. The van der Waals surface area contributed by atoms with Gasteiger partial charge in [0.1, 0.15) is 11.2 Å². The molecule has 0 fully saturated rings. The summed E-state index contributed by atoms with van der Waals surface area (Å²) in [5.74, 6) is 0. The summed E-state index contributed by atoms with van der Waals surface area (Å²) in [6.07, 6.45) is 0. The molecule has 11 aromatic rings. The van der Waals surface area contributed by atoms with E-state index in [1.54, 1.807) is 0 Å². The molecule has 1 aliphatic rings. The monoisotopic (exact) mass is 692 g/mol. The molecule has 0 atom stereocenters. The molecule has 0 bridgehead atoms. The molecule has 0 aliphatic heterocycles. The Morgan fingerprint density at radius 1 is 0.396 bits per heavy atom. The lowest BCUT2D eigenvalue weighted by atomic mass is 9.81. The molecule has 248 valence electrons. The quantitative estimate of drug-likeness (QED) is 0.164. The number of rotatable bonds is 2. The van der Waals surface area contributed by atoms with E-state index in [0.717, 1.165) is 11.2 Å². The summed E-state index contributed by atoms with van der Waals surface area (Å²) in [5.41, 5.74) is 12.3. The maximum Gasteiger partial charge on any atom is 0.136 e. The molecule has 0 saturated heterocycles. The lowest BCUT2D eigenvalue weighted by molar-refractivity contribution is 0.661. The highest BCUT2D eigenvalue weighted by atomic mass is 32.1. The van der Waals surface area contributed by atoms with E-state index in [1.165, 1.54) is 108 Å². The SMILES string of the molecule is CC1(C)c2ccc(-c3c4ccccc4c(-c4ccc5c(c4)sc4ccccc45)c4ccccc34)cc2-c2cc3cc4c(cc3cc21)oc1ccccc14. The van der Waals surface area contributed by atoms with E-state index in [4.69, 9.17) is 4.42 Å². The molecule has 2 heterocycles. The maximum absolute atomic E-state index is 6.30. The van der Waals surface area contributed by atoms with Crippen LogP contribution in [0.1, 0.15) is 25.0 Å². The fraction of sp³-hybridized carbons (Fsp3) is 0.0588. The summed E-state index contributed by atoms with van der Waals surface area (Å²) in [7, 11) is 0. The van der Waals surface area contributed by atoms with Crippen LogP contribution in [-0.4, -0.2) is 0 Å². The highest BCUT2D eigenvalue weighted by molar-refractivity contribution is 7.25. The predicted molar refractivity (Wildman–Crippen MR) is 228 cm³/mol. The van der Waals surface area contributed by atoms with E-state index < -0.39 is 0 Å². The number of benzene rings is 9. The summed E-state index contributed by atoms with van der Waals surface area (Å²) in [5, 5.41) is 12.6. The van der Waals surface area contributed by atoms with E-state index in [2.05, 4.69) is 166 Å². The summed E-state index contributed by atoms with van der Waals surface area (Å²) in [6.45, 7) is 4.74. The minimum absolute atomic E-state index is 0.126. The van der Waals surface area contributed by atoms with Gasteiger partial charge in [-0.1, -0.05) is 123 Å². The van der Waals surface area contributed by atoms with Crippen LogP contribution in [0.3, 0.4) is 0 Å². The third kappa shape index (κ3) is 4.02. The smallest absolute Gasteiger partial charge is 0.136 e. The zero-order chi connectivity index (χ0) is 35.0. The molecule has 2 aromatic heterocycles. The Hall–Kier alpha value is -6.22. The van der Waals surface area contributed by atoms with Crippen molar-refractivity contribution in [2.75, 3.05) is 0 Å². The Kier molecular flexibility index (Phi) is 5.78. The lowest BCUT2D eigenvalue weighted by Crippen LogP contribution is -2.14. The summed E-state index contributed by atoms with van der Waals surface area (Å²) in [4.78, 5) is 0. The molecule has 9 aromatic carbocycles. The third-order valence-corrected chi connectivity index (χ3v) is 13.1. The molecular formula is C51H32OS. The topological polar surface area (TPSA) is 13.1 Å². The molecule has 0 N–H and O–H groups in total. The second-order valence-corrected chi connectivity index (χ2v) is 16.3. The largest absolute Gasteiger partial charge is 0.456 e. The molecule has 0 radical (unpaired) electrons. The van der Waals surface area contributed by atoms with Crippen LogP contribution in [0, 0.1) is 0 Å². The molecule has 12 rings (SSSR count). The fourth-order valence-corrected chi connectivity index (χ4v) is 10.7. The van der Waals surface area contributed by atoms with Gasteiger partial charge in [0.2, 0.25) is 0 Å². The van der Waals surface area contributed by atoms with Crippen LogP contribution in [0.5, 0.6) is 0 Å². The highest BCUT2D eigenvalue weighted by Gasteiger charge is 2.36. The van der Waals surface area contributed by atoms with Crippen molar-refractivity contribution in [3.63, 3.8) is 0 Å². The van der Waals surface area contributed by atoms with Crippen LogP contribution in [0.4, 0.5) is 0 Å². The number of hydrogen-bond acceptors (Lipinski definition) is 2. The Morgan fingerprint density at radius 2 is 0.962 bits per heavy atom. The van der Waals surface area contributed by atoms with Gasteiger partial charge in [-0.3, -0.25) is 0 Å². The van der Waals surface area contributed by atoms with Gasteiger partial charge in [-0.15, -0.1) is 11.3 Å². The second kappa shape index (κ2) is 10.4. The van der Waals surface area contributed by atoms with Crippen molar-refractivity contribution in [3.8, 4) is 33.4 Å². The first kappa shape index (κ1) is 29.4. The molecule has 1 aliphatic carbocycles. The Labute approximate surface area is 310 Å². The van der Waals surface area contributed by atoms with Gasteiger partial charge >= 0.3 is 0 Å². The van der Waals surface area contributed by atoms with Gasteiger partial charge < -0.3 is 4.42 Å². The van der Waals surface area contributed by atoms with E-state index in [-0.39, 0.29) is 5.41 Å². The fourth-order valence-electron chi connectivity index (χ4n) is 9.50. The summed E-state index contributed by atoms with van der Waals surface area (Å²) >= 11 is 1.88. The minimum atomic E-state index is -0.126. The van der Waals surface area contributed by atoms with Crippen molar-refractivity contribution in [3.05, 3.63) is 169 Å². The molecule has 0 unspecified atom stereocenters. The third-order valence-electron chi connectivity index (χ3n) is 12.0. The standard InChI is InChI=1S/C51H32OS/c1-51(2)43-22-20-29(23-40(43)41-24-31-25-42-33-11-7-9-17-45(33)52-46(42)27-32(31)26-44(41)51)49-36-13-3-5-15-38(36)50(39-16-6-4-14-37(39)49)30-19-21-35-34-12-8-10-18-47(34)53-48(35)28-30/h3-28H,1-2H3. The van der Waals surface area contributed by atoms with E-state index in [9.17, 15) is 0 Å².